The molecule has 0 fully saturated rings. The summed E-state index contributed by atoms with van der Waals surface area (Å²) in [6.45, 7) is 10.5. The second-order valence-corrected chi connectivity index (χ2v) is 9.21. The number of benzene rings is 1. The van der Waals surface area contributed by atoms with Gasteiger partial charge < -0.3 is 24.5 Å². The molecule has 5 rings (SSSR count). The lowest BCUT2D eigenvalue weighted by Crippen LogP contribution is -2.38. The van der Waals surface area contributed by atoms with Crippen molar-refractivity contribution >= 4 is 10.9 Å². The molecule has 2 aliphatic rings. The summed E-state index contributed by atoms with van der Waals surface area (Å²) in [6.07, 6.45) is 0.316. The lowest BCUT2D eigenvalue weighted by Gasteiger charge is -2.35. The summed E-state index contributed by atoms with van der Waals surface area (Å²) >= 11 is 0. The molecule has 0 spiro atoms. The minimum absolute atomic E-state index is 0.0643. The monoisotopic (exact) mass is 465 g/mol. The molecule has 178 valence electrons. The van der Waals surface area contributed by atoms with Gasteiger partial charge in [0.25, 0.3) is 5.56 Å². The maximum absolute atomic E-state index is 14.9. The van der Waals surface area contributed by atoms with Crippen molar-refractivity contribution < 1.29 is 19.0 Å². The number of hydrogen-bond acceptors (Lipinski definition) is 6. The van der Waals surface area contributed by atoms with Crippen LogP contribution < -0.4 is 15.6 Å². The minimum atomic E-state index is -1.45. The van der Waals surface area contributed by atoms with Gasteiger partial charge in [0.1, 0.15) is 18.0 Å². The molecular formula is C26H28FN3O4. The highest BCUT2D eigenvalue weighted by atomic mass is 19.1. The van der Waals surface area contributed by atoms with E-state index >= 15 is 0 Å². The number of nitrogens with zero attached hydrogens (tertiary/aromatic N) is 2. The van der Waals surface area contributed by atoms with E-state index in [9.17, 15) is 14.3 Å². The van der Waals surface area contributed by atoms with Crippen molar-refractivity contribution in [3.63, 3.8) is 0 Å². The number of fused-ring (bicyclic) bond motifs is 5. The molecule has 0 aliphatic carbocycles. The van der Waals surface area contributed by atoms with Gasteiger partial charge in [0.05, 0.1) is 36.1 Å². The second kappa shape index (κ2) is 7.92. The molecule has 3 aromatic rings. The molecule has 4 heterocycles. The lowest BCUT2D eigenvalue weighted by atomic mass is 9.84. The Morgan fingerprint density at radius 1 is 1.38 bits per heavy atom. The van der Waals surface area contributed by atoms with Gasteiger partial charge in [0, 0.05) is 40.7 Å². The second-order valence-electron chi connectivity index (χ2n) is 9.21. The van der Waals surface area contributed by atoms with Gasteiger partial charge in [-0.25, -0.2) is 9.37 Å². The quantitative estimate of drug-likeness (QED) is 0.467. The summed E-state index contributed by atoms with van der Waals surface area (Å²) in [5.74, 6) is -0.0696. The van der Waals surface area contributed by atoms with Crippen LogP contribution in [0.3, 0.4) is 0 Å². The van der Waals surface area contributed by atoms with E-state index in [-0.39, 0.29) is 29.7 Å². The average molecular weight is 466 g/mol. The van der Waals surface area contributed by atoms with Gasteiger partial charge in [0.2, 0.25) is 0 Å². The summed E-state index contributed by atoms with van der Waals surface area (Å²) in [4.78, 5) is 18.2. The molecule has 0 unspecified atom stereocenters. The number of nitrogens with one attached hydrogen (secondary N) is 1. The number of methoxy groups -OCH3 is 1. The number of halogens is 1. The molecule has 2 aromatic heterocycles. The van der Waals surface area contributed by atoms with Crippen molar-refractivity contribution in [2.24, 2.45) is 0 Å². The number of rotatable bonds is 5. The maximum atomic E-state index is 14.9. The first-order valence-electron chi connectivity index (χ1n) is 11.4. The summed E-state index contributed by atoms with van der Waals surface area (Å²) in [6, 6.07) is 5.34. The molecule has 34 heavy (non-hydrogen) atoms. The summed E-state index contributed by atoms with van der Waals surface area (Å²) < 4.78 is 27.5. The van der Waals surface area contributed by atoms with E-state index in [1.807, 2.05) is 26.8 Å². The van der Waals surface area contributed by atoms with Crippen LogP contribution in [0.4, 0.5) is 4.39 Å². The molecular weight excluding hydrogens is 437 g/mol. The first kappa shape index (κ1) is 22.6. The lowest BCUT2D eigenvalue weighted by molar-refractivity contribution is -0.0172. The molecule has 2 aliphatic heterocycles. The molecule has 8 heteroatoms. The third-order valence-corrected chi connectivity index (χ3v) is 6.88. The zero-order valence-corrected chi connectivity index (χ0v) is 19.8. The van der Waals surface area contributed by atoms with Crippen LogP contribution in [0.15, 0.2) is 35.3 Å². The van der Waals surface area contributed by atoms with Gasteiger partial charge in [0.15, 0.2) is 11.6 Å². The zero-order chi connectivity index (χ0) is 24.4. The highest BCUT2D eigenvalue weighted by Crippen LogP contribution is 2.42. The van der Waals surface area contributed by atoms with Crippen molar-refractivity contribution in [3.05, 3.63) is 69.0 Å². The molecule has 0 bridgehead atoms. The first-order chi connectivity index (χ1) is 16.2. The van der Waals surface area contributed by atoms with Gasteiger partial charge in [-0.3, -0.25) is 4.79 Å². The van der Waals surface area contributed by atoms with Crippen LogP contribution in [0, 0.1) is 5.82 Å². The molecule has 1 atom stereocenters. The molecule has 0 saturated heterocycles. The Kier molecular flexibility index (Phi) is 5.26. The third-order valence-electron chi connectivity index (χ3n) is 6.88. The van der Waals surface area contributed by atoms with Crippen molar-refractivity contribution in [2.45, 2.75) is 58.5 Å². The fraction of sp³-hybridized carbons (Fsp3) is 0.385. The number of ether oxygens (including phenoxy) is 2. The topological polar surface area (TPSA) is 85.6 Å². The molecule has 0 saturated carbocycles. The molecule has 7 nitrogen and oxygen atoms in total. The molecule has 2 N–H and O–H groups in total. The van der Waals surface area contributed by atoms with Gasteiger partial charge in [-0.05, 0) is 18.6 Å². The number of hydrogen-bond donors (Lipinski definition) is 2. The van der Waals surface area contributed by atoms with Crippen LogP contribution in [-0.4, -0.2) is 27.8 Å². The van der Waals surface area contributed by atoms with Crippen LogP contribution in [0.1, 0.15) is 49.4 Å². The Morgan fingerprint density at radius 2 is 2.15 bits per heavy atom. The maximum Gasteiger partial charge on any atom is 0.258 e. The van der Waals surface area contributed by atoms with E-state index in [1.54, 1.807) is 10.6 Å². The van der Waals surface area contributed by atoms with Crippen LogP contribution in [0.2, 0.25) is 0 Å². The van der Waals surface area contributed by atoms with E-state index < -0.39 is 11.4 Å². The summed E-state index contributed by atoms with van der Waals surface area (Å²) in [5, 5.41) is 15.3. The predicted octanol–water partition coefficient (Wildman–Crippen LogP) is 3.71. The van der Waals surface area contributed by atoms with Crippen molar-refractivity contribution in [1.82, 2.24) is 14.9 Å². The van der Waals surface area contributed by atoms with Gasteiger partial charge >= 0.3 is 0 Å². The van der Waals surface area contributed by atoms with Crippen molar-refractivity contribution in [1.29, 1.82) is 0 Å². The Bertz CT molecular complexity index is 1410. The van der Waals surface area contributed by atoms with Gasteiger partial charge in [-0.1, -0.05) is 27.4 Å². The zero-order valence-electron chi connectivity index (χ0n) is 19.8. The van der Waals surface area contributed by atoms with Crippen LogP contribution in [0.25, 0.3) is 22.3 Å². The van der Waals surface area contributed by atoms with E-state index in [0.717, 1.165) is 10.9 Å². The molecule has 0 amide bonds. The summed E-state index contributed by atoms with van der Waals surface area (Å²) in [7, 11) is 1.45. The SMILES string of the molecule is C=C1OCc2c(cc3n(c2=O)Cc2cc4c(CNC(C)C)c(OC)c(F)cc4nc2-3)[C@@]1(O)CC. The number of pyridine rings is 2. The Balaban J connectivity index is 1.73. The normalized spacial score (nSPS) is 18.6. The van der Waals surface area contributed by atoms with Crippen LogP contribution >= 0.6 is 0 Å². The Morgan fingerprint density at radius 3 is 2.82 bits per heavy atom. The van der Waals surface area contributed by atoms with Crippen molar-refractivity contribution in [3.8, 4) is 17.1 Å². The predicted molar refractivity (Wildman–Crippen MR) is 127 cm³/mol. The van der Waals surface area contributed by atoms with E-state index in [4.69, 9.17) is 14.5 Å². The summed E-state index contributed by atoms with van der Waals surface area (Å²) in [5.41, 5.74) is 2.48. The van der Waals surface area contributed by atoms with Crippen LogP contribution in [-0.2, 0) is 30.0 Å². The smallest absolute Gasteiger partial charge is 0.258 e. The van der Waals surface area contributed by atoms with E-state index in [1.165, 1.54) is 13.2 Å². The Hall–Kier alpha value is -3.23. The van der Waals surface area contributed by atoms with Crippen LogP contribution in [0.5, 0.6) is 5.75 Å². The third kappa shape index (κ3) is 3.16. The number of aliphatic hydroxyl groups is 1. The van der Waals surface area contributed by atoms with Crippen molar-refractivity contribution in [2.75, 3.05) is 7.11 Å². The standard InChI is InChI=1S/C26H28FN3O4/c1-6-26(32)14(4)34-12-18-19(26)8-22-23-15(11-30(22)25(18)31)7-16-17(10-28-13(2)3)24(33-5)20(27)9-21(16)29-23/h7-9,13,28,32H,4,6,10-12H2,1-3,5H3/t26-/m1/s1. The highest BCUT2D eigenvalue weighted by molar-refractivity contribution is 5.89. The minimum Gasteiger partial charge on any atom is -0.493 e. The fourth-order valence-corrected chi connectivity index (χ4v) is 4.96. The van der Waals surface area contributed by atoms with Gasteiger partial charge in [-0.15, -0.1) is 0 Å². The Labute approximate surface area is 196 Å². The van der Waals surface area contributed by atoms with E-state index in [2.05, 4.69) is 11.9 Å². The van der Waals surface area contributed by atoms with Gasteiger partial charge in [-0.2, -0.15) is 0 Å². The largest absolute Gasteiger partial charge is 0.493 e. The average Bonchev–Trinajstić information content (AvgIpc) is 3.16. The van der Waals surface area contributed by atoms with E-state index in [0.29, 0.717) is 53.1 Å². The first-order valence-corrected chi connectivity index (χ1v) is 11.4. The highest BCUT2D eigenvalue weighted by Gasteiger charge is 2.41. The fourth-order valence-electron chi connectivity index (χ4n) is 4.96. The molecule has 0 radical (unpaired) electrons. The molecule has 1 aromatic carbocycles. The number of aromatic nitrogens is 2.